The molecule has 98 valence electrons. The quantitative estimate of drug-likeness (QED) is 0.784. The van der Waals surface area contributed by atoms with Crippen molar-refractivity contribution in [3.63, 3.8) is 0 Å². The maximum absolute atomic E-state index is 11.6. The van der Waals surface area contributed by atoms with Gasteiger partial charge < -0.3 is 4.74 Å². The van der Waals surface area contributed by atoms with Gasteiger partial charge >= 0.3 is 0 Å². The van der Waals surface area contributed by atoms with Gasteiger partial charge in [0.25, 0.3) is 0 Å². The molecular formula is C16H22O2. The SMILES string of the molecule is CC.COc1ccc(C2CC(=O)C(C)=C2C)cc1. The largest absolute Gasteiger partial charge is 0.497 e. The topological polar surface area (TPSA) is 26.3 Å². The minimum absolute atomic E-state index is 0.262. The van der Waals surface area contributed by atoms with Crippen molar-refractivity contribution < 1.29 is 9.53 Å². The molecule has 1 aromatic rings. The number of hydrogen-bond donors (Lipinski definition) is 0. The zero-order valence-electron chi connectivity index (χ0n) is 11.9. The van der Waals surface area contributed by atoms with Crippen LogP contribution in [0.3, 0.4) is 0 Å². The highest BCUT2D eigenvalue weighted by atomic mass is 16.5. The first-order chi connectivity index (χ1) is 8.63. The summed E-state index contributed by atoms with van der Waals surface area (Å²) in [6, 6.07) is 7.97. The lowest BCUT2D eigenvalue weighted by molar-refractivity contribution is -0.115. The maximum atomic E-state index is 11.6. The van der Waals surface area contributed by atoms with Crippen molar-refractivity contribution in [2.45, 2.75) is 40.0 Å². The second kappa shape index (κ2) is 6.39. The van der Waals surface area contributed by atoms with Crippen molar-refractivity contribution in [3.05, 3.63) is 41.0 Å². The lowest BCUT2D eigenvalue weighted by Crippen LogP contribution is -1.98. The van der Waals surface area contributed by atoms with E-state index >= 15 is 0 Å². The Bertz CT molecular complexity index is 441. The van der Waals surface area contributed by atoms with E-state index in [0.29, 0.717) is 6.42 Å². The molecule has 0 saturated heterocycles. The molecule has 2 rings (SSSR count). The van der Waals surface area contributed by atoms with E-state index in [4.69, 9.17) is 4.74 Å². The molecular weight excluding hydrogens is 224 g/mol. The fraction of sp³-hybridized carbons (Fsp3) is 0.438. The molecule has 0 saturated carbocycles. The second-order valence-corrected chi connectivity index (χ2v) is 4.26. The van der Waals surface area contributed by atoms with Crippen molar-refractivity contribution in [1.82, 2.24) is 0 Å². The molecule has 0 N–H and O–H groups in total. The van der Waals surface area contributed by atoms with Gasteiger partial charge in [-0.1, -0.05) is 31.6 Å². The molecule has 0 radical (unpaired) electrons. The summed E-state index contributed by atoms with van der Waals surface area (Å²) in [5, 5.41) is 0. The number of carbonyl (C=O) groups excluding carboxylic acids is 1. The Hall–Kier alpha value is -1.57. The van der Waals surface area contributed by atoms with Gasteiger partial charge in [0.05, 0.1) is 7.11 Å². The summed E-state index contributed by atoms with van der Waals surface area (Å²) < 4.78 is 5.12. The lowest BCUT2D eigenvalue weighted by atomic mass is 9.93. The highest BCUT2D eigenvalue weighted by Gasteiger charge is 2.27. The number of ether oxygens (including phenoxy) is 1. The van der Waals surface area contributed by atoms with Gasteiger partial charge in [0, 0.05) is 12.3 Å². The fourth-order valence-corrected chi connectivity index (χ4v) is 2.18. The van der Waals surface area contributed by atoms with Gasteiger partial charge in [0.2, 0.25) is 0 Å². The third kappa shape index (κ3) is 2.81. The Balaban J connectivity index is 0.000000771. The molecule has 1 aliphatic carbocycles. The summed E-state index contributed by atoms with van der Waals surface area (Å²) in [5.41, 5.74) is 3.33. The molecule has 2 nitrogen and oxygen atoms in total. The summed E-state index contributed by atoms with van der Waals surface area (Å²) in [4.78, 5) is 11.6. The first-order valence-electron chi connectivity index (χ1n) is 6.48. The predicted molar refractivity (Wildman–Crippen MR) is 75.1 cm³/mol. The predicted octanol–water partition coefficient (Wildman–Crippen LogP) is 4.11. The lowest BCUT2D eigenvalue weighted by Gasteiger charge is -2.12. The minimum Gasteiger partial charge on any atom is -0.497 e. The molecule has 0 bridgehead atoms. The van der Waals surface area contributed by atoms with E-state index in [-0.39, 0.29) is 11.7 Å². The Morgan fingerprint density at radius 1 is 1.11 bits per heavy atom. The number of benzene rings is 1. The number of hydrogen-bond acceptors (Lipinski definition) is 2. The van der Waals surface area contributed by atoms with Crippen LogP contribution in [0.15, 0.2) is 35.4 Å². The van der Waals surface area contributed by atoms with Crippen molar-refractivity contribution in [3.8, 4) is 5.75 Å². The van der Waals surface area contributed by atoms with E-state index in [9.17, 15) is 4.79 Å². The van der Waals surface area contributed by atoms with Crippen LogP contribution in [0.25, 0.3) is 0 Å². The van der Waals surface area contributed by atoms with Gasteiger partial charge in [-0.15, -0.1) is 0 Å². The summed E-state index contributed by atoms with van der Waals surface area (Å²) in [5.74, 6) is 1.39. The Morgan fingerprint density at radius 2 is 1.67 bits per heavy atom. The zero-order valence-corrected chi connectivity index (χ0v) is 11.9. The highest BCUT2D eigenvalue weighted by molar-refractivity contribution is 5.99. The number of Topliss-reactive ketones (excluding diaryl/α,β-unsaturated/α-hetero) is 1. The van der Waals surface area contributed by atoms with Crippen LogP contribution in [-0.4, -0.2) is 12.9 Å². The number of rotatable bonds is 2. The summed E-state index contributed by atoms with van der Waals surface area (Å²) >= 11 is 0. The van der Waals surface area contributed by atoms with E-state index in [1.165, 1.54) is 11.1 Å². The van der Waals surface area contributed by atoms with Gasteiger partial charge in [0.1, 0.15) is 5.75 Å². The first kappa shape index (κ1) is 14.5. The summed E-state index contributed by atoms with van der Waals surface area (Å²) in [6.45, 7) is 7.97. The Kier molecular flexibility index (Phi) is 5.14. The second-order valence-electron chi connectivity index (χ2n) is 4.26. The van der Waals surface area contributed by atoms with Crippen LogP contribution in [0.1, 0.15) is 45.6 Å². The van der Waals surface area contributed by atoms with Crippen LogP contribution in [0, 0.1) is 0 Å². The summed E-state index contributed by atoms with van der Waals surface area (Å²) in [6.07, 6.45) is 0.615. The van der Waals surface area contributed by atoms with E-state index in [1.54, 1.807) is 7.11 Å². The number of methoxy groups -OCH3 is 1. The van der Waals surface area contributed by atoms with Gasteiger partial charge in [-0.25, -0.2) is 0 Å². The van der Waals surface area contributed by atoms with Crippen LogP contribution in [0.4, 0.5) is 0 Å². The first-order valence-corrected chi connectivity index (χ1v) is 6.48. The maximum Gasteiger partial charge on any atom is 0.159 e. The van der Waals surface area contributed by atoms with E-state index in [0.717, 1.165) is 11.3 Å². The molecule has 1 aliphatic rings. The number of carbonyl (C=O) groups is 1. The average molecular weight is 246 g/mol. The average Bonchev–Trinajstić information content (AvgIpc) is 2.69. The molecule has 1 unspecified atom stereocenters. The number of allylic oxidation sites excluding steroid dienone is 2. The highest BCUT2D eigenvalue weighted by Crippen LogP contribution is 2.37. The Morgan fingerprint density at radius 3 is 2.06 bits per heavy atom. The third-order valence-electron chi connectivity index (χ3n) is 3.44. The van der Waals surface area contributed by atoms with Crippen LogP contribution >= 0.6 is 0 Å². The van der Waals surface area contributed by atoms with Crippen LogP contribution < -0.4 is 4.74 Å². The van der Waals surface area contributed by atoms with Crippen molar-refractivity contribution in [2.24, 2.45) is 0 Å². The van der Waals surface area contributed by atoms with Gasteiger partial charge in [-0.2, -0.15) is 0 Å². The summed E-state index contributed by atoms with van der Waals surface area (Å²) in [7, 11) is 1.66. The molecule has 0 aromatic heterocycles. The van der Waals surface area contributed by atoms with Crippen LogP contribution in [-0.2, 0) is 4.79 Å². The van der Waals surface area contributed by atoms with Gasteiger partial charge in [0.15, 0.2) is 5.78 Å². The van der Waals surface area contributed by atoms with Crippen LogP contribution in [0.5, 0.6) is 5.75 Å². The molecule has 0 aliphatic heterocycles. The number of ketones is 1. The minimum atomic E-state index is 0.262. The fourth-order valence-electron chi connectivity index (χ4n) is 2.18. The van der Waals surface area contributed by atoms with Gasteiger partial charge in [-0.05, 0) is 37.1 Å². The molecule has 0 amide bonds. The van der Waals surface area contributed by atoms with Crippen molar-refractivity contribution in [1.29, 1.82) is 0 Å². The van der Waals surface area contributed by atoms with Crippen LogP contribution in [0.2, 0.25) is 0 Å². The van der Waals surface area contributed by atoms with Crippen molar-refractivity contribution in [2.75, 3.05) is 7.11 Å². The van der Waals surface area contributed by atoms with Crippen molar-refractivity contribution >= 4 is 5.78 Å². The third-order valence-corrected chi connectivity index (χ3v) is 3.44. The molecule has 0 heterocycles. The van der Waals surface area contributed by atoms with Gasteiger partial charge in [-0.3, -0.25) is 4.79 Å². The Labute approximate surface area is 110 Å². The normalized spacial score (nSPS) is 18.5. The zero-order chi connectivity index (χ0) is 13.7. The van der Waals surface area contributed by atoms with E-state index < -0.39 is 0 Å². The smallest absolute Gasteiger partial charge is 0.159 e. The molecule has 1 aromatic carbocycles. The standard InChI is InChI=1S/C14H16O2.C2H6/c1-9-10(2)14(15)8-13(9)11-4-6-12(16-3)7-5-11;1-2/h4-7,13H,8H2,1-3H3;1-2H3. The van der Waals surface area contributed by atoms with E-state index in [2.05, 4.69) is 6.92 Å². The monoisotopic (exact) mass is 246 g/mol. The molecule has 0 spiro atoms. The van der Waals surface area contributed by atoms with E-state index in [1.807, 2.05) is 45.0 Å². The molecule has 18 heavy (non-hydrogen) atoms. The molecule has 2 heteroatoms. The molecule has 1 atom stereocenters. The molecule has 0 fully saturated rings.